The van der Waals surface area contributed by atoms with Gasteiger partial charge in [-0.3, -0.25) is 4.79 Å². The van der Waals surface area contributed by atoms with Gasteiger partial charge >= 0.3 is 6.09 Å². The van der Waals surface area contributed by atoms with E-state index in [0.717, 1.165) is 23.9 Å². The minimum atomic E-state index is -0.667. The SMILES string of the molecule is CCCCCCCCNC(=O)O[C@@H]1CCN(CC#CC[N+](C)(C)C)C1=O. The maximum absolute atomic E-state index is 12.3. The van der Waals surface area contributed by atoms with Crippen LogP contribution in [0.3, 0.4) is 0 Å². The number of hydrogen-bond acceptors (Lipinski definition) is 3. The van der Waals surface area contributed by atoms with Gasteiger partial charge in [-0.05, 0) is 12.3 Å². The predicted octanol–water partition coefficient (Wildman–Crippen LogP) is 2.38. The first kappa shape index (κ1) is 22.3. The van der Waals surface area contributed by atoms with Crippen LogP contribution in [0.2, 0.25) is 0 Å². The number of ether oxygens (including phenoxy) is 1. The number of rotatable bonds is 10. The Kier molecular flexibility index (Phi) is 10.1. The van der Waals surface area contributed by atoms with Crippen LogP contribution in [0.4, 0.5) is 4.79 Å². The second-order valence-electron chi connectivity index (χ2n) is 7.94. The van der Waals surface area contributed by atoms with Crippen molar-refractivity contribution in [3.05, 3.63) is 0 Å². The van der Waals surface area contributed by atoms with Crippen LogP contribution in [0.25, 0.3) is 0 Å². The van der Waals surface area contributed by atoms with E-state index in [1.54, 1.807) is 4.90 Å². The smallest absolute Gasteiger partial charge is 0.407 e. The van der Waals surface area contributed by atoms with E-state index >= 15 is 0 Å². The summed E-state index contributed by atoms with van der Waals surface area (Å²) in [6.07, 6.45) is 6.41. The fourth-order valence-corrected chi connectivity index (χ4v) is 2.69. The van der Waals surface area contributed by atoms with Gasteiger partial charge in [-0.2, -0.15) is 0 Å². The average Bonchev–Trinajstić information content (AvgIpc) is 2.90. The number of amides is 2. The molecule has 0 aromatic carbocycles. The topological polar surface area (TPSA) is 58.6 Å². The number of carbonyl (C=O) groups is 2. The highest BCUT2D eigenvalue weighted by Crippen LogP contribution is 2.14. The van der Waals surface area contributed by atoms with E-state index in [4.69, 9.17) is 4.74 Å². The Balaban J connectivity index is 2.19. The van der Waals surface area contributed by atoms with Gasteiger partial charge in [-0.15, -0.1) is 0 Å². The number of alkyl carbamates (subject to hydrolysis) is 1. The number of nitrogens with one attached hydrogen (secondary N) is 1. The summed E-state index contributed by atoms with van der Waals surface area (Å²) in [5.74, 6) is 5.98. The number of carbonyl (C=O) groups excluding carboxylic acids is 2. The zero-order valence-corrected chi connectivity index (χ0v) is 17.0. The lowest BCUT2D eigenvalue weighted by molar-refractivity contribution is -0.862. The molecular weight excluding hydrogens is 330 g/mol. The molecule has 2 amide bonds. The van der Waals surface area contributed by atoms with Gasteiger partial charge in [0.15, 0.2) is 6.10 Å². The summed E-state index contributed by atoms with van der Waals surface area (Å²) in [6.45, 7) is 4.53. The minimum Gasteiger partial charge on any atom is -0.436 e. The van der Waals surface area contributed by atoms with Crippen molar-refractivity contribution in [2.75, 3.05) is 47.3 Å². The maximum Gasteiger partial charge on any atom is 0.407 e. The quantitative estimate of drug-likeness (QED) is 0.367. The third kappa shape index (κ3) is 9.67. The van der Waals surface area contributed by atoms with E-state index < -0.39 is 12.2 Å². The molecular formula is C20H36N3O3+. The van der Waals surface area contributed by atoms with Gasteiger partial charge < -0.3 is 19.4 Å². The second kappa shape index (κ2) is 11.8. The van der Waals surface area contributed by atoms with E-state index in [1.807, 2.05) is 0 Å². The zero-order chi connectivity index (χ0) is 19.4. The van der Waals surface area contributed by atoms with E-state index in [-0.39, 0.29) is 5.91 Å². The lowest BCUT2D eigenvalue weighted by Crippen LogP contribution is -2.36. The first-order chi connectivity index (χ1) is 12.3. The van der Waals surface area contributed by atoms with Crippen LogP contribution in [-0.2, 0) is 9.53 Å². The van der Waals surface area contributed by atoms with Crippen molar-refractivity contribution in [1.29, 1.82) is 0 Å². The summed E-state index contributed by atoms with van der Waals surface area (Å²) in [6, 6.07) is 0. The van der Waals surface area contributed by atoms with Crippen molar-refractivity contribution < 1.29 is 18.8 Å². The average molecular weight is 367 g/mol. The molecule has 1 aliphatic heterocycles. The van der Waals surface area contributed by atoms with Crippen LogP contribution in [0.5, 0.6) is 0 Å². The molecule has 0 aliphatic carbocycles. The standard InChI is InChI=1S/C20H35N3O3/c1-5-6-7-8-9-10-14-21-20(25)26-18-13-16-22(19(18)24)15-11-12-17-23(2,3)4/h18H,5-10,13-17H2,1-4H3/p+1/t18-/m1/s1. The number of nitrogens with zero attached hydrogens (tertiary/aromatic N) is 2. The molecule has 0 unspecified atom stereocenters. The second-order valence-corrected chi connectivity index (χ2v) is 7.94. The summed E-state index contributed by atoms with van der Waals surface area (Å²) in [5, 5.41) is 2.74. The first-order valence-electron chi connectivity index (χ1n) is 9.83. The Labute approximate surface area is 158 Å². The first-order valence-corrected chi connectivity index (χ1v) is 9.83. The monoisotopic (exact) mass is 366 g/mol. The summed E-state index contributed by atoms with van der Waals surface area (Å²) in [4.78, 5) is 25.7. The van der Waals surface area contributed by atoms with Gasteiger partial charge in [0.05, 0.1) is 27.7 Å². The third-order valence-electron chi connectivity index (χ3n) is 4.25. The van der Waals surface area contributed by atoms with Gasteiger partial charge in [-0.1, -0.05) is 44.9 Å². The molecule has 0 aromatic rings. The molecule has 1 saturated heterocycles. The Bertz CT molecular complexity index is 503. The molecule has 0 bridgehead atoms. The van der Waals surface area contributed by atoms with Crippen LogP contribution < -0.4 is 5.32 Å². The number of hydrogen-bond donors (Lipinski definition) is 1. The summed E-state index contributed by atoms with van der Waals surface area (Å²) in [5.41, 5.74) is 0. The normalized spacial score (nSPS) is 17.0. The molecule has 148 valence electrons. The van der Waals surface area contributed by atoms with Crippen LogP contribution in [0.1, 0.15) is 51.9 Å². The summed E-state index contributed by atoms with van der Waals surface area (Å²) >= 11 is 0. The number of quaternary nitrogens is 1. The van der Waals surface area contributed by atoms with E-state index in [9.17, 15) is 9.59 Å². The molecule has 0 spiro atoms. The van der Waals surface area contributed by atoms with E-state index in [1.165, 1.54) is 25.7 Å². The van der Waals surface area contributed by atoms with Crippen LogP contribution in [0.15, 0.2) is 0 Å². The van der Waals surface area contributed by atoms with Crippen LogP contribution in [0, 0.1) is 11.8 Å². The van der Waals surface area contributed by atoms with Gasteiger partial charge in [-0.25, -0.2) is 4.79 Å². The molecule has 1 N–H and O–H groups in total. The summed E-state index contributed by atoms with van der Waals surface area (Å²) in [7, 11) is 6.22. The van der Waals surface area contributed by atoms with Gasteiger partial charge in [0.1, 0.15) is 6.54 Å². The molecule has 1 rings (SSSR count). The lowest BCUT2D eigenvalue weighted by atomic mass is 10.1. The van der Waals surface area contributed by atoms with Gasteiger partial charge in [0.25, 0.3) is 5.91 Å². The highest BCUT2D eigenvalue weighted by molar-refractivity contribution is 5.85. The fraction of sp³-hybridized carbons (Fsp3) is 0.800. The highest BCUT2D eigenvalue weighted by Gasteiger charge is 2.34. The Morgan fingerprint density at radius 3 is 2.58 bits per heavy atom. The van der Waals surface area contributed by atoms with Crippen LogP contribution >= 0.6 is 0 Å². The molecule has 1 fully saturated rings. The molecule has 1 heterocycles. The Morgan fingerprint density at radius 1 is 1.19 bits per heavy atom. The van der Waals surface area contributed by atoms with E-state index in [0.29, 0.717) is 26.1 Å². The third-order valence-corrected chi connectivity index (χ3v) is 4.25. The predicted molar refractivity (Wildman–Crippen MR) is 104 cm³/mol. The van der Waals surface area contributed by atoms with Crippen molar-refractivity contribution in [3.8, 4) is 11.8 Å². The zero-order valence-electron chi connectivity index (χ0n) is 17.0. The molecule has 0 aromatic heterocycles. The number of unbranched alkanes of at least 4 members (excludes halogenated alkanes) is 5. The largest absolute Gasteiger partial charge is 0.436 e. The van der Waals surface area contributed by atoms with Crippen molar-refractivity contribution in [3.63, 3.8) is 0 Å². The van der Waals surface area contributed by atoms with E-state index in [2.05, 4.69) is 45.2 Å². The van der Waals surface area contributed by atoms with Crippen molar-refractivity contribution in [2.24, 2.45) is 0 Å². The summed E-state index contributed by atoms with van der Waals surface area (Å²) < 4.78 is 6.04. The Morgan fingerprint density at radius 2 is 1.88 bits per heavy atom. The van der Waals surface area contributed by atoms with Crippen LogP contribution in [-0.4, -0.2) is 74.8 Å². The Hall–Kier alpha value is -1.74. The van der Waals surface area contributed by atoms with Gasteiger partial charge in [0.2, 0.25) is 0 Å². The molecule has 26 heavy (non-hydrogen) atoms. The maximum atomic E-state index is 12.3. The van der Waals surface area contributed by atoms with Gasteiger partial charge in [0, 0.05) is 19.5 Å². The fourth-order valence-electron chi connectivity index (χ4n) is 2.69. The molecule has 1 atom stereocenters. The minimum absolute atomic E-state index is 0.140. The molecule has 6 nitrogen and oxygen atoms in total. The number of likely N-dealkylation sites (tertiary alicyclic amines) is 1. The molecule has 1 aliphatic rings. The van der Waals surface area contributed by atoms with Crippen molar-refractivity contribution >= 4 is 12.0 Å². The molecule has 0 saturated carbocycles. The molecule has 0 radical (unpaired) electrons. The molecule has 6 heteroatoms. The highest BCUT2D eigenvalue weighted by atomic mass is 16.6. The van der Waals surface area contributed by atoms with Crippen molar-refractivity contribution in [1.82, 2.24) is 10.2 Å². The van der Waals surface area contributed by atoms with Crippen molar-refractivity contribution in [2.45, 2.75) is 58.0 Å². The lowest BCUT2D eigenvalue weighted by Gasteiger charge is -2.20.